The van der Waals surface area contributed by atoms with E-state index in [2.05, 4.69) is 21.9 Å². The maximum absolute atomic E-state index is 13.3. The molecule has 7 nitrogen and oxygen atoms in total. The van der Waals surface area contributed by atoms with Gasteiger partial charge in [-0.2, -0.15) is 0 Å². The predicted molar refractivity (Wildman–Crippen MR) is 102 cm³/mol. The fourth-order valence-corrected chi connectivity index (χ4v) is 5.31. The van der Waals surface area contributed by atoms with Crippen LogP contribution in [0.4, 0.5) is 0 Å². The number of aromatic amines is 1. The highest BCUT2D eigenvalue weighted by atomic mass is 16.3. The van der Waals surface area contributed by atoms with E-state index < -0.39 is 0 Å². The van der Waals surface area contributed by atoms with Crippen molar-refractivity contribution in [1.29, 1.82) is 0 Å². The number of carbonyl (C=O) groups excluding carboxylic acids is 2. The van der Waals surface area contributed by atoms with Gasteiger partial charge in [-0.05, 0) is 33.2 Å². The fraction of sp³-hybridized carbons (Fsp3) is 0.571. The summed E-state index contributed by atoms with van der Waals surface area (Å²) < 4.78 is 5.79. The van der Waals surface area contributed by atoms with Crippen molar-refractivity contribution in [2.75, 3.05) is 26.7 Å². The summed E-state index contributed by atoms with van der Waals surface area (Å²) in [5.74, 6) is 1.25. The molecule has 1 amide bonds. The van der Waals surface area contributed by atoms with Crippen LogP contribution < -0.4 is 0 Å². The van der Waals surface area contributed by atoms with E-state index in [0.717, 1.165) is 44.3 Å². The molecule has 3 aliphatic rings. The Morgan fingerprint density at radius 2 is 2.00 bits per heavy atom. The topological polar surface area (TPSA) is 82.4 Å². The van der Waals surface area contributed by atoms with Gasteiger partial charge < -0.3 is 14.3 Å². The standard InChI is InChI=1S/C21H26N4O3/c1-13-17(18-15(26)4-3-5-16(18)28-13)20(27)25-10-7-21(8-11-25)19-14(22-12-23-19)6-9-24(21)2/h12H,3-11H2,1-2H3,(H,22,23). The Bertz CT molecular complexity index is 949. The number of aryl methyl sites for hydroxylation is 2. The number of likely N-dealkylation sites (N-methyl/N-ethyl adjacent to an activating group) is 1. The minimum atomic E-state index is -0.106. The number of imidazole rings is 1. The molecule has 0 bridgehead atoms. The number of hydrogen-bond acceptors (Lipinski definition) is 5. The number of aromatic nitrogens is 2. The molecule has 1 saturated heterocycles. The molecule has 2 aliphatic heterocycles. The quantitative estimate of drug-likeness (QED) is 0.819. The zero-order valence-corrected chi connectivity index (χ0v) is 16.5. The van der Waals surface area contributed by atoms with Gasteiger partial charge in [-0.25, -0.2) is 4.98 Å². The molecule has 148 valence electrons. The van der Waals surface area contributed by atoms with Gasteiger partial charge in [0, 0.05) is 44.6 Å². The van der Waals surface area contributed by atoms with Gasteiger partial charge >= 0.3 is 0 Å². The van der Waals surface area contributed by atoms with Crippen LogP contribution in [0, 0.1) is 6.92 Å². The lowest BCUT2D eigenvalue weighted by molar-refractivity contribution is 0.0224. The summed E-state index contributed by atoms with van der Waals surface area (Å²) in [7, 11) is 2.16. The monoisotopic (exact) mass is 382 g/mol. The first kappa shape index (κ1) is 17.7. The number of rotatable bonds is 1. The predicted octanol–water partition coefficient (Wildman–Crippen LogP) is 2.45. The van der Waals surface area contributed by atoms with Gasteiger partial charge in [-0.3, -0.25) is 14.5 Å². The first-order valence-corrected chi connectivity index (χ1v) is 10.2. The number of hydrogen-bond donors (Lipinski definition) is 1. The van der Waals surface area contributed by atoms with E-state index in [-0.39, 0.29) is 17.2 Å². The molecule has 0 saturated carbocycles. The van der Waals surface area contributed by atoms with Gasteiger partial charge in [0.1, 0.15) is 11.5 Å². The second kappa shape index (κ2) is 6.30. The molecule has 2 aromatic heterocycles. The molecule has 0 radical (unpaired) electrons. The number of Topliss-reactive ketones (excluding diaryl/α,β-unsaturated/α-hetero) is 1. The highest BCUT2D eigenvalue weighted by Gasteiger charge is 2.46. The molecule has 7 heteroatoms. The van der Waals surface area contributed by atoms with Gasteiger partial charge in [0.05, 0.1) is 28.7 Å². The Balaban J connectivity index is 1.41. The van der Waals surface area contributed by atoms with Gasteiger partial charge in [0.2, 0.25) is 0 Å². The Hall–Kier alpha value is -2.41. The molecule has 2 aromatic rings. The van der Waals surface area contributed by atoms with Crippen molar-refractivity contribution in [3.8, 4) is 0 Å². The molecule has 0 aromatic carbocycles. The molecule has 1 N–H and O–H groups in total. The van der Waals surface area contributed by atoms with Gasteiger partial charge in [-0.1, -0.05) is 0 Å². The van der Waals surface area contributed by atoms with Crippen LogP contribution in [0.5, 0.6) is 0 Å². The van der Waals surface area contributed by atoms with Gasteiger partial charge in [-0.15, -0.1) is 0 Å². The fourth-order valence-electron chi connectivity index (χ4n) is 5.31. The number of nitrogens with one attached hydrogen (secondary N) is 1. The number of ketones is 1. The van der Waals surface area contributed by atoms with Crippen LogP contribution in [-0.4, -0.2) is 58.1 Å². The molecule has 1 spiro atoms. The molecule has 1 aliphatic carbocycles. The van der Waals surface area contributed by atoms with E-state index in [1.807, 2.05) is 4.90 Å². The summed E-state index contributed by atoms with van der Waals surface area (Å²) in [5, 5.41) is 0. The maximum atomic E-state index is 13.3. The number of likely N-dealkylation sites (tertiary alicyclic amines) is 1. The molecule has 0 unspecified atom stereocenters. The van der Waals surface area contributed by atoms with E-state index in [1.54, 1.807) is 13.3 Å². The third-order valence-corrected chi connectivity index (χ3v) is 6.92. The number of nitrogens with zero attached hydrogens (tertiary/aromatic N) is 3. The van der Waals surface area contributed by atoms with E-state index >= 15 is 0 Å². The highest BCUT2D eigenvalue weighted by molar-refractivity contribution is 6.10. The van der Waals surface area contributed by atoms with E-state index in [0.29, 0.717) is 42.2 Å². The lowest BCUT2D eigenvalue weighted by Crippen LogP contribution is -2.55. The van der Waals surface area contributed by atoms with Crippen LogP contribution in [0.1, 0.15) is 69.3 Å². The van der Waals surface area contributed by atoms with Crippen molar-refractivity contribution in [1.82, 2.24) is 19.8 Å². The SMILES string of the molecule is Cc1oc2c(c1C(=O)N1CCC3(CC1)c1nc[nH]c1CCN3C)C(=O)CCC2. The third-order valence-electron chi connectivity index (χ3n) is 6.92. The van der Waals surface area contributed by atoms with E-state index in [4.69, 9.17) is 4.42 Å². The number of amides is 1. The van der Waals surface area contributed by atoms with Crippen molar-refractivity contribution in [3.63, 3.8) is 0 Å². The van der Waals surface area contributed by atoms with Crippen LogP contribution in [0.25, 0.3) is 0 Å². The van der Waals surface area contributed by atoms with Crippen LogP contribution in [0.2, 0.25) is 0 Å². The Morgan fingerprint density at radius 1 is 1.21 bits per heavy atom. The van der Waals surface area contributed by atoms with Crippen LogP contribution in [0.15, 0.2) is 10.7 Å². The molecular weight excluding hydrogens is 356 g/mol. The first-order valence-electron chi connectivity index (χ1n) is 10.2. The minimum Gasteiger partial charge on any atom is -0.465 e. The molecule has 4 heterocycles. The summed E-state index contributed by atoms with van der Waals surface area (Å²) in [6.07, 6.45) is 6.51. The minimum absolute atomic E-state index is 0.0445. The van der Waals surface area contributed by atoms with Crippen molar-refractivity contribution in [2.45, 2.75) is 51.0 Å². The number of furan rings is 1. The van der Waals surface area contributed by atoms with Crippen molar-refractivity contribution in [3.05, 3.63) is 40.4 Å². The van der Waals surface area contributed by atoms with Crippen LogP contribution in [0.3, 0.4) is 0 Å². The summed E-state index contributed by atoms with van der Waals surface area (Å²) >= 11 is 0. The maximum Gasteiger partial charge on any atom is 0.258 e. The summed E-state index contributed by atoms with van der Waals surface area (Å²) in [4.78, 5) is 38.0. The lowest BCUT2D eigenvalue weighted by atomic mass is 9.79. The Labute approximate surface area is 164 Å². The molecule has 5 rings (SSSR count). The Morgan fingerprint density at radius 3 is 2.79 bits per heavy atom. The van der Waals surface area contributed by atoms with Gasteiger partial charge in [0.15, 0.2) is 5.78 Å². The molecule has 28 heavy (non-hydrogen) atoms. The van der Waals surface area contributed by atoms with Crippen molar-refractivity contribution in [2.24, 2.45) is 0 Å². The van der Waals surface area contributed by atoms with E-state index in [9.17, 15) is 9.59 Å². The second-order valence-corrected chi connectivity index (χ2v) is 8.33. The third kappa shape index (κ3) is 2.42. The second-order valence-electron chi connectivity index (χ2n) is 8.33. The van der Waals surface area contributed by atoms with Crippen LogP contribution in [-0.2, 0) is 18.4 Å². The largest absolute Gasteiger partial charge is 0.465 e. The van der Waals surface area contributed by atoms with E-state index in [1.165, 1.54) is 5.69 Å². The first-order chi connectivity index (χ1) is 13.5. The summed E-state index contributed by atoms with van der Waals surface area (Å²) in [6.45, 7) is 4.10. The normalized spacial score (nSPS) is 21.6. The summed E-state index contributed by atoms with van der Waals surface area (Å²) in [6, 6.07) is 0. The van der Waals surface area contributed by atoms with Crippen molar-refractivity contribution < 1.29 is 14.0 Å². The molecular formula is C21H26N4O3. The smallest absolute Gasteiger partial charge is 0.258 e. The lowest BCUT2D eigenvalue weighted by Gasteiger charge is -2.49. The number of carbonyl (C=O) groups is 2. The zero-order chi connectivity index (χ0) is 19.5. The summed E-state index contributed by atoms with van der Waals surface area (Å²) in [5.41, 5.74) is 3.29. The molecule has 1 fully saturated rings. The number of piperidine rings is 1. The number of H-pyrrole nitrogens is 1. The van der Waals surface area contributed by atoms with Gasteiger partial charge in [0.25, 0.3) is 5.91 Å². The van der Waals surface area contributed by atoms with Crippen LogP contribution >= 0.6 is 0 Å². The molecule has 0 atom stereocenters. The Kier molecular flexibility index (Phi) is 3.98. The average molecular weight is 382 g/mol. The number of fused-ring (bicyclic) bond motifs is 3. The average Bonchev–Trinajstić information content (AvgIpc) is 3.30. The zero-order valence-electron chi connectivity index (χ0n) is 16.5. The van der Waals surface area contributed by atoms with Crippen molar-refractivity contribution >= 4 is 11.7 Å². The highest BCUT2D eigenvalue weighted by Crippen LogP contribution is 2.42.